The van der Waals surface area contributed by atoms with E-state index in [0.717, 1.165) is 12.0 Å². The largest absolute Gasteiger partial charge is 0.315 e. The van der Waals surface area contributed by atoms with E-state index >= 15 is 0 Å². The highest BCUT2D eigenvalue weighted by Gasteiger charge is 2.25. The third-order valence-electron chi connectivity index (χ3n) is 3.47. The Morgan fingerprint density at radius 2 is 2.36 bits per heavy atom. The predicted molar refractivity (Wildman–Crippen MR) is 64.0 cm³/mol. The molecular formula is C11H22N2S. The van der Waals surface area contributed by atoms with Crippen LogP contribution in [0.1, 0.15) is 19.8 Å². The van der Waals surface area contributed by atoms with E-state index in [1.165, 1.54) is 50.5 Å². The van der Waals surface area contributed by atoms with Crippen LogP contribution in [0.4, 0.5) is 0 Å². The molecule has 2 saturated heterocycles. The van der Waals surface area contributed by atoms with Gasteiger partial charge in [-0.15, -0.1) is 0 Å². The van der Waals surface area contributed by atoms with Crippen molar-refractivity contribution in [2.24, 2.45) is 5.92 Å². The summed E-state index contributed by atoms with van der Waals surface area (Å²) in [4.78, 5) is 2.69. The lowest BCUT2D eigenvalue weighted by molar-refractivity contribution is 0.192. The van der Waals surface area contributed by atoms with Crippen molar-refractivity contribution in [2.75, 3.05) is 37.7 Å². The van der Waals surface area contributed by atoms with E-state index in [0.29, 0.717) is 0 Å². The number of nitrogens with zero attached hydrogens (tertiary/aromatic N) is 1. The van der Waals surface area contributed by atoms with Crippen LogP contribution in [0.25, 0.3) is 0 Å². The normalized spacial score (nSPS) is 33.0. The Kier molecular flexibility index (Phi) is 4.14. The van der Waals surface area contributed by atoms with Gasteiger partial charge in [0.2, 0.25) is 0 Å². The predicted octanol–water partition coefficient (Wildman–Crippen LogP) is 1.42. The third-order valence-corrected chi connectivity index (χ3v) is 4.71. The molecule has 0 bridgehead atoms. The maximum Gasteiger partial charge on any atom is 0.0232 e. The summed E-state index contributed by atoms with van der Waals surface area (Å²) in [7, 11) is 0. The van der Waals surface area contributed by atoms with Crippen molar-refractivity contribution in [3.63, 3.8) is 0 Å². The molecule has 1 N–H and O–H groups in total. The number of likely N-dealkylation sites (N-methyl/N-ethyl adjacent to an activating group) is 1. The molecule has 3 heteroatoms. The number of hydrogen-bond acceptors (Lipinski definition) is 3. The van der Waals surface area contributed by atoms with Crippen LogP contribution in [-0.4, -0.2) is 48.6 Å². The van der Waals surface area contributed by atoms with Crippen molar-refractivity contribution >= 4 is 11.8 Å². The van der Waals surface area contributed by atoms with Crippen molar-refractivity contribution in [3.05, 3.63) is 0 Å². The van der Waals surface area contributed by atoms with Gasteiger partial charge in [0.15, 0.2) is 0 Å². The van der Waals surface area contributed by atoms with E-state index in [2.05, 4.69) is 28.9 Å². The lowest BCUT2D eigenvalue weighted by atomic mass is 10.1. The van der Waals surface area contributed by atoms with E-state index in [-0.39, 0.29) is 0 Å². The van der Waals surface area contributed by atoms with E-state index in [1.807, 2.05) is 0 Å². The van der Waals surface area contributed by atoms with Gasteiger partial charge < -0.3 is 5.32 Å². The first-order valence-electron chi connectivity index (χ1n) is 5.92. The summed E-state index contributed by atoms with van der Waals surface area (Å²) in [6, 6.07) is 0.825. The summed E-state index contributed by atoms with van der Waals surface area (Å²) in [6.07, 6.45) is 2.80. The molecule has 2 unspecified atom stereocenters. The molecule has 2 rings (SSSR count). The zero-order valence-corrected chi connectivity index (χ0v) is 9.98. The van der Waals surface area contributed by atoms with Gasteiger partial charge in [-0.2, -0.15) is 11.8 Å². The first kappa shape index (κ1) is 10.8. The summed E-state index contributed by atoms with van der Waals surface area (Å²) in [5.41, 5.74) is 0. The van der Waals surface area contributed by atoms with Gasteiger partial charge in [-0.25, -0.2) is 0 Å². The smallest absolute Gasteiger partial charge is 0.0232 e. The third kappa shape index (κ3) is 2.65. The highest BCUT2D eigenvalue weighted by molar-refractivity contribution is 7.99. The Bertz CT molecular complexity index is 163. The van der Waals surface area contributed by atoms with Gasteiger partial charge in [-0.3, -0.25) is 4.90 Å². The molecule has 0 aromatic carbocycles. The first-order valence-corrected chi connectivity index (χ1v) is 7.08. The molecule has 2 aliphatic heterocycles. The zero-order valence-electron chi connectivity index (χ0n) is 9.17. The minimum atomic E-state index is 0.825. The molecule has 2 fully saturated rings. The Morgan fingerprint density at radius 3 is 2.93 bits per heavy atom. The fourth-order valence-electron chi connectivity index (χ4n) is 2.55. The molecule has 0 amide bonds. The lowest BCUT2D eigenvalue weighted by Crippen LogP contribution is -2.40. The van der Waals surface area contributed by atoms with Crippen molar-refractivity contribution < 1.29 is 0 Å². The van der Waals surface area contributed by atoms with Gasteiger partial charge >= 0.3 is 0 Å². The summed E-state index contributed by atoms with van der Waals surface area (Å²) in [6.45, 7) is 7.32. The van der Waals surface area contributed by atoms with Gasteiger partial charge in [-0.1, -0.05) is 6.92 Å². The maximum atomic E-state index is 3.47. The molecule has 14 heavy (non-hydrogen) atoms. The summed E-state index contributed by atoms with van der Waals surface area (Å²) in [5.74, 6) is 3.77. The van der Waals surface area contributed by atoms with Gasteiger partial charge in [0, 0.05) is 19.1 Å². The van der Waals surface area contributed by atoms with Crippen LogP contribution < -0.4 is 5.32 Å². The van der Waals surface area contributed by atoms with E-state index in [4.69, 9.17) is 0 Å². The molecule has 82 valence electrons. The minimum absolute atomic E-state index is 0.825. The molecule has 0 aromatic heterocycles. The van der Waals surface area contributed by atoms with Crippen LogP contribution in [0, 0.1) is 5.92 Å². The van der Waals surface area contributed by atoms with E-state index in [9.17, 15) is 0 Å². The van der Waals surface area contributed by atoms with Crippen LogP contribution in [0.5, 0.6) is 0 Å². The van der Waals surface area contributed by atoms with Crippen molar-refractivity contribution in [3.8, 4) is 0 Å². The monoisotopic (exact) mass is 214 g/mol. The van der Waals surface area contributed by atoms with Gasteiger partial charge in [-0.05, 0) is 43.4 Å². The Balaban J connectivity index is 1.79. The minimum Gasteiger partial charge on any atom is -0.315 e. The highest BCUT2D eigenvalue weighted by Crippen LogP contribution is 2.25. The molecule has 2 heterocycles. The molecule has 0 radical (unpaired) electrons. The number of rotatable bonds is 4. The van der Waals surface area contributed by atoms with E-state index < -0.39 is 0 Å². The van der Waals surface area contributed by atoms with Gasteiger partial charge in [0.1, 0.15) is 0 Å². The van der Waals surface area contributed by atoms with Crippen LogP contribution in [0.2, 0.25) is 0 Å². The average Bonchev–Trinajstić information content (AvgIpc) is 2.86. The molecule has 2 atom stereocenters. The van der Waals surface area contributed by atoms with Crippen molar-refractivity contribution in [1.29, 1.82) is 0 Å². The van der Waals surface area contributed by atoms with Crippen molar-refractivity contribution in [2.45, 2.75) is 25.8 Å². The Labute approximate surface area is 91.8 Å². The summed E-state index contributed by atoms with van der Waals surface area (Å²) < 4.78 is 0. The molecule has 0 saturated carbocycles. The number of thioether (sulfide) groups is 1. The highest BCUT2D eigenvalue weighted by atomic mass is 32.2. The summed E-state index contributed by atoms with van der Waals surface area (Å²) in [5, 5.41) is 3.47. The van der Waals surface area contributed by atoms with Crippen LogP contribution in [0.15, 0.2) is 0 Å². The standard InChI is InChI=1S/C11H22N2S/c1-2-13(11-3-5-12-7-11)8-10-4-6-14-9-10/h10-12H,2-9H2,1H3. The van der Waals surface area contributed by atoms with Crippen LogP contribution in [-0.2, 0) is 0 Å². The van der Waals surface area contributed by atoms with Crippen LogP contribution >= 0.6 is 11.8 Å². The molecule has 0 aliphatic carbocycles. The second-order valence-electron chi connectivity index (χ2n) is 4.46. The molecule has 0 aromatic rings. The van der Waals surface area contributed by atoms with E-state index in [1.54, 1.807) is 0 Å². The Morgan fingerprint density at radius 1 is 1.43 bits per heavy atom. The fraction of sp³-hybridized carbons (Fsp3) is 1.00. The lowest BCUT2D eigenvalue weighted by Gasteiger charge is -2.29. The summed E-state index contributed by atoms with van der Waals surface area (Å²) >= 11 is 2.13. The molecule has 2 nitrogen and oxygen atoms in total. The quantitative estimate of drug-likeness (QED) is 0.762. The van der Waals surface area contributed by atoms with Gasteiger partial charge in [0.25, 0.3) is 0 Å². The number of nitrogens with one attached hydrogen (secondary N) is 1. The zero-order chi connectivity index (χ0) is 9.80. The van der Waals surface area contributed by atoms with Crippen LogP contribution in [0.3, 0.4) is 0 Å². The molecular weight excluding hydrogens is 192 g/mol. The fourth-order valence-corrected chi connectivity index (χ4v) is 3.82. The van der Waals surface area contributed by atoms with Gasteiger partial charge in [0.05, 0.1) is 0 Å². The second kappa shape index (κ2) is 5.38. The topological polar surface area (TPSA) is 15.3 Å². The SMILES string of the molecule is CCN(CC1CCSC1)C1CCNC1. The molecule has 2 aliphatic rings. The molecule has 0 spiro atoms. The average molecular weight is 214 g/mol. The maximum absolute atomic E-state index is 3.47. The number of hydrogen-bond donors (Lipinski definition) is 1. The first-order chi connectivity index (χ1) is 6.90. The second-order valence-corrected chi connectivity index (χ2v) is 5.61. The van der Waals surface area contributed by atoms with Crippen molar-refractivity contribution in [1.82, 2.24) is 10.2 Å². The Hall–Kier alpha value is 0.270.